The maximum atomic E-state index is 12.8. The van der Waals surface area contributed by atoms with Gasteiger partial charge in [0.2, 0.25) is 10.0 Å². The Hall–Kier alpha value is -1.50. The van der Waals surface area contributed by atoms with E-state index in [0.717, 1.165) is 5.56 Å². The number of hydrogen-bond acceptors (Lipinski definition) is 3. The molecule has 2 aromatic rings. The Labute approximate surface area is 139 Å². The summed E-state index contributed by atoms with van der Waals surface area (Å²) in [6, 6.07) is 12.1. The van der Waals surface area contributed by atoms with Crippen LogP contribution in [0.5, 0.6) is 0 Å². The minimum atomic E-state index is -3.55. The molecule has 0 aliphatic heterocycles. The average molecular weight is 381 g/mol. The minimum Gasteiger partial charge on any atom is -0.249 e. The highest BCUT2D eigenvalue weighted by Gasteiger charge is 2.24. The van der Waals surface area contributed by atoms with E-state index in [1.165, 1.54) is 4.31 Å². The monoisotopic (exact) mass is 380 g/mol. The van der Waals surface area contributed by atoms with Gasteiger partial charge in [-0.1, -0.05) is 30.3 Å². The first-order chi connectivity index (χ1) is 10.6. The number of nitrogens with zero attached hydrogens (tertiary/aromatic N) is 2. The molecule has 1 heterocycles. The summed E-state index contributed by atoms with van der Waals surface area (Å²) < 4.78 is 27.7. The molecule has 0 unspecified atom stereocenters. The fourth-order valence-electron chi connectivity index (χ4n) is 1.99. The van der Waals surface area contributed by atoms with Crippen molar-refractivity contribution in [1.82, 2.24) is 9.29 Å². The molecule has 4 nitrogen and oxygen atoms in total. The van der Waals surface area contributed by atoms with E-state index < -0.39 is 10.0 Å². The smallest absolute Gasteiger partial charge is 0.243 e. The van der Waals surface area contributed by atoms with Crippen molar-refractivity contribution in [3.05, 3.63) is 71.5 Å². The van der Waals surface area contributed by atoms with E-state index in [0.29, 0.717) is 22.5 Å². The lowest BCUT2D eigenvalue weighted by Crippen LogP contribution is -2.31. The van der Waals surface area contributed by atoms with E-state index in [9.17, 15) is 8.42 Å². The molecule has 0 spiro atoms. The van der Waals surface area contributed by atoms with E-state index in [1.54, 1.807) is 48.7 Å². The van der Waals surface area contributed by atoms with Crippen LogP contribution in [0.3, 0.4) is 0 Å². The molecule has 0 aliphatic rings. The Bertz CT molecular complexity index is 733. The van der Waals surface area contributed by atoms with E-state index in [1.807, 2.05) is 6.07 Å². The highest BCUT2D eigenvalue weighted by atomic mass is 79.9. The molecule has 0 bridgehead atoms. The summed E-state index contributed by atoms with van der Waals surface area (Å²) in [6.07, 6.45) is 3.96. The third-order valence-corrected chi connectivity index (χ3v) is 5.72. The summed E-state index contributed by atoms with van der Waals surface area (Å²) in [5, 5.41) is 0. The second kappa shape index (κ2) is 7.67. The molecule has 0 aliphatic carbocycles. The van der Waals surface area contributed by atoms with Crippen LogP contribution in [0.15, 0.2) is 70.8 Å². The van der Waals surface area contributed by atoms with E-state index in [-0.39, 0.29) is 6.54 Å². The molecule has 0 fully saturated rings. The van der Waals surface area contributed by atoms with Crippen LogP contribution in [0.25, 0.3) is 0 Å². The van der Waals surface area contributed by atoms with Gasteiger partial charge in [-0.2, -0.15) is 4.31 Å². The van der Waals surface area contributed by atoms with Gasteiger partial charge in [-0.15, -0.1) is 6.58 Å². The number of aromatic nitrogens is 1. The molecule has 6 heteroatoms. The van der Waals surface area contributed by atoms with Crippen LogP contribution in [0.4, 0.5) is 0 Å². The Balaban J connectivity index is 2.34. The third-order valence-electron chi connectivity index (χ3n) is 3.15. The van der Waals surface area contributed by atoms with Gasteiger partial charge in [-0.3, -0.25) is 0 Å². The molecule has 0 radical (unpaired) electrons. The maximum absolute atomic E-state index is 12.8. The first-order valence-electron chi connectivity index (χ1n) is 6.81. The van der Waals surface area contributed by atoms with Crippen molar-refractivity contribution in [2.45, 2.75) is 17.9 Å². The number of benzene rings is 1. The molecule has 0 N–H and O–H groups in total. The van der Waals surface area contributed by atoms with Crippen LogP contribution in [0.1, 0.15) is 12.0 Å². The van der Waals surface area contributed by atoms with Gasteiger partial charge in [-0.25, -0.2) is 13.4 Å². The van der Waals surface area contributed by atoms with Crippen LogP contribution in [-0.2, 0) is 16.6 Å². The van der Waals surface area contributed by atoms with E-state index in [2.05, 4.69) is 27.5 Å². The number of halogens is 1. The molecule has 116 valence electrons. The number of sulfonamides is 1. The summed E-state index contributed by atoms with van der Waals surface area (Å²) in [4.78, 5) is 4.43. The van der Waals surface area contributed by atoms with Gasteiger partial charge >= 0.3 is 0 Å². The lowest BCUT2D eigenvalue weighted by atomic mass is 10.3. The quantitative estimate of drug-likeness (QED) is 0.544. The molecule has 0 saturated heterocycles. The van der Waals surface area contributed by atoms with Gasteiger partial charge in [0.1, 0.15) is 4.60 Å². The van der Waals surface area contributed by atoms with Gasteiger partial charge in [0.15, 0.2) is 0 Å². The normalized spacial score (nSPS) is 11.5. The molecule has 2 rings (SSSR count). The standard InChI is InChI=1S/C16H17BrN2O2S/c1-2-3-12-19(13-14-8-7-11-18-16(14)17)22(20,21)15-9-5-4-6-10-15/h2,4-11H,1,3,12-13H2. The van der Waals surface area contributed by atoms with Crippen molar-refractivity contribution in [1.29, 1.82) is 0 Å². The Morgan fingerprint density at radius 2 is 1.91 bits per heavy atom. The molecule has 22 heavy (non-hydrogen) atoms. The summed E-state index contributed by atoms with van der Waals surface area (Å²) in [6.45, 7) is 4.31. The zero-order chi connectivity index (χ0) is 16.0. The van der Waals surface area contributed by atoms with Crippen molar-refractivity contribution in [2.24, 2.45) is 0 Å². The molecule has 0 saturated carbocycles. The van der Waals surface area contributed by atoms with Crippen molar-refractivity contribution in [2.75, 3.05) is 6.54 Å². The summed E-state index contributed by atoms with van der Waals surface area (Å²) in [7, 11) is -3.55. The maximum Gasteiger partial charge on any atom is 0.243 e. The van der Waals surface area contributed by atoms with E-state index in [4.69, 9.17) is 0 Å². The fraction of sp³-hybridized carbons (Fsp3) is 0.188. The lowest BCUT2D eigenvalue weighted by molar-refractivity contribution is 0.411. The Kier molecular flexibility index (Phi) is 5.88. The number of rotatable bonds is 7. The van der Waals surface area contributed by atoms with Crippen molar-refractivity contribution in [3.8, 4) is 0 Å². The van der Waals surface area contributed by atoms with Gasteiger partial charge in [-0.05, 0) is 40.5 Å². The first-order valence-corrected chi connectivity index (χ1v) is 9.04. The molecule has 0 atom stereocenters. The van der Waals surface area contributed by atoms with Gasteiger partial charge in [0.25, 0.3) is 0 Å². The summed E-state index contributed by atoms with van der Waals surface area (Å²) in [5.74, 6) is 0. The topological polar surface area (TPSA) is 50.3 Å². The minimum absolute atomic E-state index is 0.263. The highest BCUT2D eigenvalue weighted by molar-refractivity contribution is 9.10. The Morgan fingerprint density at radius 1 is 1.18 bits per heavy atom. The number of hydrogen-bond donors (Lipinski definition) is 0. The predicted molar refractivity (Wildman–Crippen MR) is 90.8 cm³/mol. The molecular weight excluding hydrogens is 364 g/mol. The number of pyridine rings is 1. The second-order valence-electron chi connectivity index (χ2n) is 4.68. The summed E-state index contributed by atoms with van der Waals surface area (Å²) in [5.41, 5.74) is 0.825. The Morgan fingerprint density at radius 3 is 2.55 bits per heavy atom. The summed E-state index contributed by atoms with van der Waals surface area (Å²) >= 11 is 3.36. The van der Waals surface area contributed by atoms with Crippen LogP contribution in [0.2, 0.25) is 0 Å². The van der Waals surface area contributed by atoms with Gasteiger partial charge < -0.3 is 0 Å². The van der Waals surface area contributed by atoms with Crippen molar-refractivity contribution in [3.63, 3.8) is 0 Å². The van der Waals surface area contributed by atoms with Crippen LogP contribution in [0, 0.1) is 0 Å². The molecule has 0 amide bonds. The van der Waals surface area contributed by atoms with Gasteiger partial charge in [0, 0.05) is 24.8 Å². The predicted octanol–water partition coefficient (Wildman–Crippen LogP) is 3.61. The first kappa shape index (κ1) is 16.9. The van der Waals surface area contributed by atoms with Crippen molar-refractivity contribution < 1.29 is 8.42 Å². The molecule has 1 aromatic carbocycles. The van der Waals surface area contributed by atoms with Crippen molar-refractivity contribution >= 4 is 26.0 Å². The van der Waals surface area contributed by atoms with Gasteiger partial charge in [0.05, 0.1) is 4.90 Å². The molecule has 1 aromatic heterocycles. The second-order valence-corrected chi connectivity index (χ2v) is 7.37. The largest absolute Gasteiger partial charge is 0.249 e. The molecular formula is C16H17BrN2O2S. The SMILES string of the molecule is C=CCCN(Cc1cccnc1Br)S(=O)(=O)c1ccccc1. The average Bonchev–Trinajstić information content (AvgIpc) is 2.53. The lowest BCUT2D eigenvalue weighted by Gasteiger charge is -2.22. The zero-order valence-corrected chi connectivity index (χ0v) is 14.4. The van der Waals surface area contributed by atoms with E-state index >= 15 is 0 Å². The van der Waals surface area contributed by atoms with Crippen LogP contribution in [-0.4, -0.2) is 24.3 Å². The zero-order valence-electron chi connectivity index (χ0n) is 12.0. The van der Waals surface area contributed by atoms with Crippen LogP contribution >= 0.6 is 15.9 Å². The highest BCUT2D eigenvalue weighted by Crippen LogP contribution is 2.21. The fourth-order valence-corrected chi connectivity index (χ4v) is 3.82. The third kappa shape index (κ3) is 4.03. The van der Waals surface area contributed by atoms with Crippen LogP contribution < -0.4 is 0 Å².